The van der Waals surface area contributed by atoms with Crippen molar-refractivity contribution in [3.05, 3.63) is 77.8 Å². The molecule has 1 fully saturated rings. The van der Waals surface area contributed by atoms with E-state index in [-0.39, 0.29) is 0 Å². The fourth-order valence-electron chi connectivity index (χ4n) is 4.62. The first-order valence-corrected chi connectivity index (χ1v) is 10.4. The molecule has 140 valence electrons. The second-order valence-electron chi connectivity index (χ2n) is 7.54. The summed E-state index contributed by atoms with van der Waals surface area (Å²) in [5.41, 5.74) is 6.17. The molecule has 1 saturated carbocycles. The Labute approximate surface area is 170 Å². The van der Waals surface area contributed by atoms with E-state index in [1.807, 2.05) is 36.9 Å². The molecule has 1 aromatic carbocycles. The van der Waals surface area contributed by atoms with Crippen LogP contribution in [0.5, 0.6) is 0 Å². The normalized spacial score (nSPS) is 15.2. The van der Waals surface area contributed by atoms with Gasteiger partial charge in [0, 0.05) is 40.3 Å². The maximum Gasteiger partial charge on any atom is 0.0721 e. The standard InChI is InChI=1S/C24H22ClN3/c25-19-6-8-20(9-7-19)28-22-16-27-15-12-21(22)23(17-4-2-1-3-5-17)24(28)18-10-13-26-14-11-18/h6-17H,1-5H2. The number of fused-ring (bicyclic) bond motifs is 1. The van der Waals surface area contributed by atoms with Crippen molar-refractivity contribution in [1.29, 1.82) is 0 Å². The minimum Gasteiger partial charge on any atom is -0.307 e. The lowest BCUT2D eigenvalue weighted by atomic mass is 9.82. The van der Waals surface area contributed by atoms with Crippen molar-refractivity contribution in [3.8, 4) is 16.9 Å². The van der Waals surface area contributed by atoms with Gasteiger partial charge in [-0.3, -0.25) is 9.97 Å². The monoisotopic (exact) mass is 387 g/mol. The van der Waals surface area contributed by atoms with E-state index in [0.717, 1.165) is 16.2 Å². The molecule has 0 unspecified atom stereocenters. The van der Waals surface area contributed by atoms with Crippen LogP contribution in [0.15, 0.2) is 67.3 Å². The predicted molar refractivity (Wildman–Crippen MR) is 115 cm³/mol. The van der Waals surface area contributed by atoms with Crippen LogP contribution in [-0.2, 0) is 0 Å². The molecule has 3 aromatic heterocycles. The SMILES string of the molecule is Clc1ccc(-n2c(-c3ccncc3)c(C3CCCCC3)c3ccncc32)cc1. The van der Waals surface area contributed by atoms with Gasteiger partial charge in [-0.25, -0.2) is 0 Å². The number of hydrogen-bond acceptors (Lipinski definition) is 2. The fourth-order valence-corrected chi connectivity index (χ4v) is 4.74. The van der Waals surface area contributed by atoms with E-state index in [4.69, 9.17) is 11.6 Å². The molecular formula is C24H22ClN3. The van der Waals surface area contributed by atoms with Crippen LogP contribution >= 0.6 is 11.6 Å². The zero-order valence-corrected chi connectivity index (χ0v) is 16.4. The number of pyridine rings is 2. The van der Waals surface area contributed by atoms with Gasteiger partial charge in [0.2, 0.25) is 0 Å². The number of nitrogens with zero attached hydrogens (tertiary/aromatic N) is 3. The molecule has 3 nitrogen and oxygen atoms in total. The van der Waals surface area contributed by atoms with Gasteiger partial charge in [0.25, 0.3) is 0 Å². The van der Waals surface area contributed by atoms with Crippen LogP contribution in [-0.4, -0.2) is 14.5 Å². The summed E-state index contributed by atoms with van der Waals surface area (Å²) in [6.07, 6.45) is 14.1. The van der Waals surface area contributed by atoms with Gasteiger partial charge < -0.3 is 4.57 Å². The van der Waals surface area contributed by atoms with Crippen molar-refractivity contribution in [2.45, 2.75) is 38.0 Å². The average molecular weight is 388 g/mol. The molecule has 0 amide bonds. The Kier molecular flexibility index (Phi) is 4.61. The summed E-state index contributed by atoms with van der Waals surface area (Å²) in [6.45, 7) is 0. The van der Waals surface area contributed by atoms with Crippen LogP contribution in [0.3, 0.4) is 0 Å². The van der Waals surface area contributed by atoms with Gasteiger partial charge in [-0.2, -0.15) is 0 Å². The first kappa shape index (κ1) is 17.4. The van der Waals surface area contributed by atoms with Crippen LogP contribution in [0.1, 0.15) is 43.6 Å². The minimum absolute atomic E-state index is 0.579. The maximum absolute atomic E-state index is 6.17. The minimum atomic E-state index is 0.579. The molecule has 0 aliphatic heterocycles. The van der Waals surface area contributed by atoms with Crippen LogP contribution in [0, 0.1) is 0 Å². The lowest BCUT2D eigenvalue weighted by Gasteiger charge is -2.23. The summed E-state index contributed by atoms with van der Waals surface area (Å²) >= 11 is 6.17. The van der Waals surface area contributed by atoms with Crippen molar-refractivity contribution < 1.29 is 0 Å². The molecule has 0 radical (unpaired) electrons. The van der Waals surface area contributed by atoms with Crippen molar-refractivity contribution >= 4 is 22.5 Å². The topological polar surface area (TPSA) is 30.7 Å². The highest BCUT2D eigenvalue weighted by Crippen LogP contribution is 2.44. The molecule has 5 rings (SSSR count). The quantitative estimate of drug-likeness (QED) is 0.387. The molecular weight excluding hydrogens is 366 g/mol. The van der Waals surface area contributed by atoms with Crippen LogP contribution in [0.4, 0.5) is 0 Å². The molecule has 28 heavy (non-hydrogen) atoms. The molecule has 0 atom stereocenters. The second-order valence-corrected chi connectivity index (χ2v) is 7.97. The number of rotatable bonds is 3. The Morgan fingerprint density at radius 1 is 0.821 bits per heavy atom. The van der Waals surface area contributed by atoms with Gasteiger partial charge in [0.1, 0.15) is 0 Å². The number of halogens is 1. The molecule has 4 aromatic rings. The summed E-state index contributed by atoms with van der Waals surface area (Å²) in [6, 6.07) is 14.5. The van der Waals surface area contributed by atoms with Gasteiger partial charge in [0.05, 0.1) is 17.4 Å². The van der Waals surface area contributed by atoms with Gasteiger partial charge in [-0.05, 0) is 66.8 Å². The number of benzene rings is 1. The fraction of sp³-hybridized carbons (Fsp3) is 0.250. The smallest absolute Gasteiger partial charge is 0.0721 e. The Morgan fingerprint density at radius 2 is 1.54 bits per heavy atom. The van der Waals surface area contributed by atoms with Crippen molar-refractivity contribution in [2.75, 3.05) is 0 Å². The van der Waals surface area contributed by atoms with E-state index in [2.05, 4.69) is 44.9 Å². The zero-order valence-electron chi connectivity index (χ0n) is 15.7. The third-order valence-corrected chi connectivity index (χ3v) is 6.11. The molecule has 1 aliphatic rings. The highest BCUT2D eigenvalue weighted by molar-refractivity contribution is 6.30. The first-order chi connectivity index (χ1) is 13.8. The first-order valence-electron chi connectivity index (χ1n) is 9.97. The van der Waals surface area contributed by atoms with Crippen molar-refractivity contribution in [1.82, 2.24) is 14.5 Å². The number of hydrogen-bond donors (Lipinski definition) is 0. The summed E-state index contributed by atoms with van der Waals surface area (Å²) in [7, 11) is 0. The van der Waals surface area contributed by atoms with Crippen molar-refractivity contribution in [3.63, 3.8) is 0 Å². The Balaban J connectivity index is 1.86. The molecule has 0 bridgehead atoms. The zero-order chi connectivity index (χ0) is 18.9. The molecule has 0 spiro atoms. The summed E-state index contributed by atoms with van der Waals surface area (Å²) < 4.78 is 2.35. The van der Waals surface area contributed by atoms with Gasteiger partial charge in [-0.15, -0.1) is 0 Å². The Bertz CT molecular complexity index is 1090. The molecule has 3 heterocycles. The van der Waals surface area contributed by atoms with E-state index < -0.39 is 0 Å². The Hall–Kier alpha value is -2.65. The highest BCUT2D eigenvalue weighted by Gasteiger charge is 2.27. The lowest BCUT2D eigenvalue weighted by molar-refractivity contribution is 0.446. The van der Waals surface area contributed by atoms with E-state index in [1.165, 1.54) is 54.3 Å². The third-order valence-electron chi connectivity index (χ3n) is 5.86. The summed E-state index contributed by atoms with van der Waals surface area (Å²) in [4.78, 5) is 8.69. The summed E-state index contributed by atoms with van der Waals surface area (Å²) in [5.74, 6) is 0.579. The maximum atomic E-state index is 6.17. The molecule has 1 aliphatic carbocycles. The predicted octanol–water partition coefficient (Wildman–Crippen LogP) is 6.79. The van der Waals surface area contributed by atoms with Crippen LogP contribution < -0.4 is 0 Å². The molecule has 0 saturated heterocycles. The van der Waals surface area contributed by atoms with E-state index >= 15 is 0 Å². The van der Waals surface area contributed by atoms with Gasteiger partial charge >= 0.3 is 0 Å². The van der Waals surface area contributed by atoms with Crippen molar-refractivity contribution in [2.24, 2.45) is 0 Å². The second kappa shape index (κ2) is 7.40. The largest absolute Gasteiger partial charge is 0.307 e. The van der Waals surface area contributed by atoms with E-state index in [0.29, 0.717) is 5.92 Å². The summed E-state index contributed by atoms with van der Waals surface area (Å²) in [5, 5.41) is 2.06. The highest BCUT2D eigenvalue weighted by atomic mass is 35.5. The molecule has 0 N–H and O–H groups in total. The van der Waals surface area contributed by atoms with Crippen LogP contribution in [0.25, 0.3) is 27.8 Å². The van der Waals surface area contributed by atoms with E-state index in [1.54, 1.807) is 0 Å². The number of aromatic nitrogens is 3. The van der Waals surface area contributed by atoms with Crippen LogP contribution in [0.2, 0.25) is 5.02 Å². The lowest BCUT2D eigenvalue weighted by Crippen LogP contribution is -2.06. The average Bonchev–Trinajstić information content (AvgIpc) is 3.11. The third kappa shape index (κ3) is 3.00. The molecule has 4 heteroatoms. The van der Waals surface area contributed by atoms with E-state index in [9.17, 15) is 0 Å². The van der Waals surface area contributed by atoms with Gasteiger partial charge in [-0.1, -0.05) is 30.9 Å². The van der Waals surface area contributed by atoms with Gasteiger partial charge in [0.15, 0.2) is 0 Å². The Morgan fingerprint density at radius 3 is 2.29 bits per heavy atom.